The second-order valence-corrected chi connectivity index (χ2v) is 5.46. The first-order valence-electron chi connectivity index (χ1n) is 6.06. The van der Waals surface area contributed by atoms with E-state index in [1.807, 2.05) is 30.6 Å². The Hall–Kier alpha value is -1.23. The molecule has 1 saturated heterocycles. The van der Waals surface area contributed by atoms with Gasteiger partial charge >= 0.3 is 0 Å². The Morgan fingerprint density at radius 3 is 3.11 bits per heavy atom. The monoisotopic (exact) mass is 261 g/mol. The summed E-state index contributed by atoms with van der Waals surface area (Å²) < 4.78 is 6.50. The van der Waals surface area contributed by atoms with Gasteiger partial charge in [-0.05, 0) is 29.9 Å². The maximum atomic E-state index is 12.6. The molecule has 3 nitrogen and oxygen atoms in total. The zero-order valence-corrected chi connectivity index (χ0v) is 11.0. The third-order valence-electron chi connectivity index (χ3n) is 3.53. The summed E-state index contributed by atoms with van der Waals surface area (Å²) in [5, 5.41) is 6.34. The molecule has 94 valence electrons. The van der Waals surface area contributed by atoms with E-state index in [1.165, 1.54) is 0 Å². The van der Waals surface area contributed by atoms with Crippen LogP contribution in [0.15, 0.2) is 29.6 Å². The van der Waals surface area contributed by atoms with Crippen molar-refractivity contribution < 1.29 is 9.53 Å². The van der Waals surface area contributed by atoms with Gasteiger partial charge in [-0.15, -0.1) is 11.3 Å². The molecule has 0 amide bonds. The Morgan fingerprint density at radius 1 is 1.39 bits per heavy atom. The number of hydrogen-bond acceptors (Lipinski definition) is 4. The second kappa shape index (κ2) is 4.80. The van der Waals surface area contributed by atoms with Crippen LogP contribution in [-0.4, -0.2) is 32.1 Å². The maximum Gasteiger partial charge on any atom is 0.171 e. The lowest BCUT2D eigenvalue weighted by molar-refractivity contribution is 0.0894. The normalized spacial score (nSPS) is 23.6. The first-order chi connectivity index (χ1) is 8.81. The zero-order valence-electron chi connectivity index (χ0n) is 10.2. The quantitative estimate of drug-likeness (QED) is 0.862. The fraction of sp³-hybridized carbons (Fsp3) is 0.357. The largest absolute Gasteiger partial charge is 0.379 e. The Kier molecular flexibility index (Phi) is 3.16. The molecular formula is C14H15NO2S. The van der Waals surface area contributed by atoms with Crippen LogP contribution >= 0.6 is 11.3 Å². The van der Waals surface area contributed by atoms with Gasteiger partial charge < -0.3 is 10.1 Å². The Labute approximate surface area is 110 Å². The molecule has 1 aromatic carbocycles. The van der Waals surface area contributed by atoms with E-state index in [1.54, 1.807) is 11.3 Å². The third-order valence-corrected chi connectivity index (χ3v) is 4.50. The zero-order chi connectivity index (χ0) is 12.5. The molecule has 1 aliphatic heterocycles. The molecule has 18 heavy (non-hydrogen) atoms. The lowest BCUT2D eigenvalue weighted by Gasteiger charge is -2.15. The topological polar surface area (TPSA) is 38.3 Å². The molecule has 1 fully saturated rings. The minimum atomic E-state index is -0.0669. The lowest BCUT2D eigenvalue weighted by atomic mass is 9.93. The molecule has 0 saturated carbocycles. The standard InChI is InChI=1S/C14H15NO2S/c1-15-12-8-17-7-11(12)13(16)10-4-2-3-9-5-6-18-14(9)10/h2-6,11-12,15H,7-8H2,1H3. The summed E-state index contributed by atoms with van der Waals surface area (Å²) in [6.07, 6.45) is 0. The van der Waals surface area contributed by atoms with Gasteiger partial charge in [-0.2, -0.15) is 0 Å². The molecular weight excluding hydrogens is 246 g/mol. The number of ketones is 1. The average Bonchev–Trinajstić information content (AvgIpc) is 3.05. The van der Waals surface area contributed by atoms with E-state index in [0.717, 1.165) is 15.6 Å². The number of nitrogens with one attached hydrogen (secondary N) is 1. The number of rotatable bonds is 3. The number of benzene rings is 1. The number of likely N-dealkylation sites (N-methyl/N-ethyl adjacent to an activating group) is 1. The fourth-order valence-electron chi connectivity index (χ4n) is 2.48. The number of carbonyl (C=O) groups is 1. The van der Waals surface area contributed by atoms with Gasteiger partial charge in [-0.3, -0.25) is 4.79 Å². The van der Waals surface area contributed by atoms with Gasteiger partial charge in [0.1, 0.15) is 0 Å². The van der Waals surface area contributed by atoms with Crippen molar-refractivity contribution >= 4 is 27.2 Å². The van der Waals surface area contributed by atoms with Crippen molar-refractivity contribution in [2.45, 2.75) is 6.04 Å². The molecule has 3 rings (SSSR count). The predicted octanol–water partition coefficient (Wildman–Crippen LogP) is 2.32. The van der Waals surface area contributed by atoms with Gasteiger partial charge in [0.15, 0.2) is 5.78 Å². The van der Waals surface area contributed by atoms with E-state index in [9.17, 15) is 4.79 Å². The molecule has 0 radical (unpaired) electrons. The summed E-state index contributed by atoms with van der Waals surface area (Å²) in [6.45, 7) is 1.14. The van der Waals surface area contributed by atoms with Crippen LogP contribution in [0.2, 0.25) is 0 Å². The number of ether oxygens (including phenoxy) is 1. The van der Waals surface area contributed by atoms with Gasteiger partial charge in [0.25, 0.3) is 0 Å². The fourth-order valence-corrected chi connectivity index (χ4v) is 3.40. The van der Waals surface area contributed by atoms with E-state index in [0.29, 0.717) is 13.2 Å². The molecule has 1 aromatic heterocycles. The minimum absolute atomic E-state index is 0.0669. The van der Waals surface area contributed by atoms with Crippen molar-refractivity contribution in [1.29, 1.82) is 0 Å². The number of Topliss-reactive ketones (excluding diaryl/α,β-unsaturated/α-hetero) is 1. The van der Waals surface area contributed by atoms with Crippen molar-refractivity contribution in [3.63, 3.8) is 0 Å². The van der Waals surface area contributed by atoms with Gasteiger partial charge in [-0.25, -0.2) is 0 Å². The molecule has 1 aliphatic rings. The highest BCUT2D eigenvalue weighted by molar-refractivity contribution is 7.17. The summed E-state index contributed by atoms with van der Waals surface area (Å²) in [6, 6.07) is 8.10. The minimum Gasteiger partial charge on any atom is -0.379 e. The third kappa shape index (κ3) is 1.86. The summed E-state index contributed by atoms with van der Waals surface area (Å²) in [5.74, 6) is 0.127. The highest BCUT2D eigenvalue weighted by Gasteiger charge is 2.34. The Bertz CT molecular complexity index is 578. The average molecular weight is 261 g/mol. The van der Waals surface area contributed by atoms with Crippen LogP contribution in [0.3, 0.4) is 0 Å². The van der Waals surface area contributed by atoms with E-state index < -0.39 is 0 Å². The molecule has 0 aliphatic carbocycles. The number of hydrogen-bond donors (Lipinski definition) is 1. The van der Waals surface area contributed by atoms with Crippen LogP contribution in [0.4, 0.5) is 0 Å². The lowest BCUT2D eigenvalue weighted by Crippen LogP contribution is -2.37. The van der Waals surface area contributed by atoms with E-state index in [4.69, 9.17) is 4.74 Å². The van der Waals surface area contributed by atoms with Crippen LogP contribution < -0.4 is 5.32 Å². The number of carbonyl (C=O) groups excluding carboxylic acids is 1. The van der Waals surface area contributed by atoms with Crippen molar-refractivity contribution in [3.05, 3.63) is 35.2 Å². The van der Waals surface area contributed by atoms with Crippen molar-refractivity contribution in [3.8, 4) is 0 Å². The van der Waals surface area contributed by atoms with Gasteiger partial charge in [-0.1, -0.05) is 12.1 Å². The molecule has 0 bridgehead atoms. The van der Waals surface area contributed by atoms with Gasteiger partial charge in [0.2, 0.25) is 0 Å². The van der Waals surface area contributed by atoms with E-state index in [-0.39, 0.29) is 17.7 Å². The summed E-state index contributed by atoms with van der Waals surface area (Å²) in [7, 11) is 1.88. The van der Waals surface area contributed by atoms with Crippen molar-refractivity contribution in [2.24, 2.45) is 5.92 Å². The Morgan fingerprint density at radius 2 is 2.28 bits per heavy atom. The first-order valence-corrected chi connectivity index (χ1v) is 6.94. The van der Waals surface area contributed by atoms with Gasteiger partial charge in [0, 0.05) is 16.3 Å². The molecule has 0 spiro atoms. The molecule has 1 N–H and O–H groups in total. The molecule has 2 aromatic rings. The second-order valence-electron chi connectivity index (χ2n) is 4.55. The van der Waals surface area contributed by atoms with Crippen LogP contribution in [0.25, 0.3) is 10.1 Å². The summed E-state index contributed by atoms with van der Waals surface area (Å²) in [4.78, 5) is 12.6. The van der Waals surface area contributed by atoms with Crippen LogP contribution in [0, 0.1) is 5.92 Å². The molecule has 2 atom stereocenters. The van der Waals surface area contributed by atoms with Crippen molar-refractivity contribution in [1.82, 2.24) is 5.32 Å². The van der Waals surface area contributed by atoms with Crippen LogP contribution in [-0.2, 0) is 4.74 Å². The van der Waals surface area contributed by atoms with Crippen LogP contribution in [0.5, 0.6) is 0 Å². The Balaban J connectivity index is 1.99. The van der Waals surface area contributed by atoms with Crippen molar-refractivity contribution in [2.75, 3.05) is 20.3 Å². The summed E-state index contributed by atoms with van der Waals surface area (Å²) >= 11 is 1.63. The SMILES string of the molecule is CNC1COCC1C(=O)c1cccc2ccsc12. The molecule has 4 heteroatoms. The number of fused-ring (bicyclic) bond motifs is 1. The smallest absolute Gasteiger partial charge is 0.171 e. The van der Waals surface area contributed by atoms with E-state index in [2.05, 4.69) is 11.4 Å². The molecule has 2 unspecified atom stereocenters. The molecule has 2 heterocycles. The predicted molar refractivity (Wildman–Crippen MR) is 73.3 cm³/mol. The van der Waals surface area contributed by atoms with E-state index >= 15 is 0 Å². The van der Waals surface area contributed by atoms with Crippen LogP contribution in [0.1, 0.15) is 10.4 Å². The first kappa shape index (κ1) is 11.8. The summed E-state index contributed by atoms with van der Waals surface area (Å²) in [5.41, 5.74) is 0.832. The maximum absolute atomic E-state index is 12.6. The number of thiophene rings is 1. The highest BCUT2D eigenvalue weighted by atomic mass is 32.1. The van der Waals surface area contributed by atoms with Gasteiger partial charge in [0.05, 0.1) is 19.1 Å². The highest BCUT2D eigenvalue weighted by Crippen LogP contribution is 2.28.